The third kappa shape index (κ3) is 6.44. The van der Waals surface area contributed by atoms with Crippen molar-refractivity contribution >= 4 is 17.6 Å². The lowest BCUT2D eigenvalue weighted by atomic mass is 9.91. The maximum absolute atomic E-state index is 11.7. The number of hydrogen-bond donors (Lipinski definition) is 3. The minimum Gasteiger partial charge on any atom is -0.491 e. The van der Waals surface area contributed by atoms with Gasteiger partial charge in [-0.2, -0.15) is 0 Å². The molecule has 1 amide bonds. The second-order valence-corrected chi connectivity index (χ2v) is 7.56. The minimum absolute atomic E-state index is 0.0218. The highest BCUT2D eigenvalue weighted by Crippen LogP contribution is 2.31. The van der Waals surface area contributed by atoms with Crippen LogP contribution in [-0.4, -0.2) is 53.6 Å². The topological polar surface area (TPSA) is 114 Å². The van der Waals surface area contributed by atoms with Crippen molar-refractivity contribution in [3.8, 4) is 11.5 Å². The number of nitrogens with one attached hydrogen (secondary N) is 1. The monoisotopic (exact) mass is 429 g/mol. The molecule has 0 saturated carbocycles. The van der Waals surface area contributed by atoms with Crippen LogP contribution >= 0.6 is 0 Å². The normalized spacial score (nSPS) is 18.9. The molecule has 2 atom stereocenters. The summed E-state index contributed by atoms with van der Waals surface area (Å²) in [6.45, 7) is 1.94. The Morgan fingerprint density at radius 2 is 1.84 bits per heavy atom. The van der Waals surface area contributed by atoms with E-state index >= 15 is 0 Å². The highest BCUT2D eigenvalue weighted by atomic mass is 16.5. The Morgan fingerprint density at radius 1 is 1.13 bits per heavy atom. The van der Waals surface area contributed by atoms with Crippen LogP contribution in [0.2, 0.25) is 0 Å². The van der Waals surface area contributed by atoms with E-state index in [1.165, 1.54) is 6.92 Å². The molecular formula is C23H27NO7. The maximum atomic E-state index is 11.7. The van der Waals surface area contributed by atoms with E-state index in [-0.39, 0.29) is 25.5 Å². The molecular weight excluding hydrogens is 402 g/mol. The fraction of sp³-hybridized carbons (Fsp3) is 0.391. The first-order valence-electron chi connectivity index (χ1n) is 10.1. The number of ether oxygens (including phenoxy) is 3. The molecule has 1 heterocycles. The second kappa shape index (κ2) is 10.3. The summed E-state index contributed by atoms with van der Waals surface area (Å²) < 4.78 is 16.7. The number of benzene rings is 2. The third-order valence-corrected chi connectivity index (χ3v) is 4.94. The largest absolute Gasteiger partial charge is 0.491 e. The zero-order valence-corrected chi connectivity index (χ0v) is 17.4. The maximum Gasteiger partial charge on any atom is 0.336 e. The van der Waals surface area contributed by atoms with Crippen LogP contribution in [0.25, 0.3) is 0 Å². The van der Waals surface area contributed by atoms with Crippen molar-refractivity contribution in [3.63, 3.8) is 0 Å². The lowest BCUT2D eigenvalue weighted by Gasteiger charge is -2.23. The van der Waals surface area contributed by atoms with E-state index in [4.69, 9.17) is 14.2 Å². The number of amides is 1. The molecule has 3 N–H and O–H groups in total. The van der Waals surface area contributed by atoms with Crippen LogP contribution in [0.4, 0.5) is 5.69 Å². The van der Waals surface area contributed by atoms with E-state index in [0.717, 1.165) is 12.0 Å². The Hall–Kier alpha value is -3.10. The number of aliphatic carboxylic acids is 1. The molecule has 1 saturated heterocycles. The molecule has 31 heavy (non-hydrogen) atoms. The first-order valence-corrected chi connectivity index (χ1v) is 10.1. The zero-order chi connectivity index (χ0) is 22.3. The lowest BCUT2D eigenvalue weighted by Crippen LogP contribution is -2.40. The van der Waals surface area contributed by atoms with Crippen LogP contribution in [-0.2, 0) is 20.7 Å². The fourth-order valence-corrected chi connectivity index (χ4v) is 3.43. The Kier molecular flexibility index (Phi) is 7.49. The van der Waals surface area contributed by atoms with E-state index < -0.39 is 17.7 Å². The van der Waals surface area contributed by atoms with Crippen LogP contribution < -0.4 is 14.8 Å². The van der Waals surface area contributed by atoms with Crippen LogP contribution in [0.1, 0.15) is 25.3 Å². The smallest absolute Gasteiger partial charge is 0.336 e. The van der Waals surface area contributed by atoms with E-state index in [1.807, 2.05) is 6.07 Å². The predicted molar refractivity (Wildman–Crippen MR) is 113 cm³/mol. The molecule has 2 aromatic rings. The third-order valence-electron chi connectivity index (χ3n) is 4.94. The summed E-state index contributed by atoms with van der Waals surface area (Å²) in [6.07, 6.45) is 0.613. The first kappa shape index (κ1) is 22.6. The second-order valence-electron chi connectivity index (χ2n) is 7.56. The van der Waals surface area contributed by atoms with E-state index in [2.05, 4.69) is 5.32 Å². The van der Waals surface area contributed by atoms with Gasteiger partial charge in [-0.15, -0.1) is 0 Å². The SMILES string of the molecule is CC(=O)Nc1ccc(OC[C@@H](O)COc2cccc(CC3(C(=O)O)CCCO3)c2)cc1. The summed E-state index contributed by atoms with van der Waals surface area (Å²) in [6, 6.07) is 14.0. The average Bonchev–Trinajstić information content (AvgIpc) is 3.21. The molecule has 2 aromatic carbocycles. The van der Waals surface area contributed by atoms with E-state index in [9.17, 15) is 19.8 Å². The van der Waals surface area contributed by atoms with Crippen molar-refractivity contribution in [2.24, 2.45) is 0 Å². The summed E-state index contributed by atoms with van der Waals surface area (Å²) in [4.78, 5) is 22.7. The molecule has 0 aromatic heterocycles. The number of rotatable bonds is 10. The predicted octanol–water partition coefficient (Wildman–Crippen LogP) is 2.64. The molecule has 166 valence electrons. The number of carbonyl (C=O) groups excluding carboxylic acids is 1. The van der Waals surface area contributed by atoms with Crippen molar-refractivity contribution in [2.45, 2.75) is 37.9 Å². The quantitative estimate of drug-likeness (QED) is 0.532. The van der Waals surface area contributed by atoms with E-state index in [0.29, 0.717) is 30.2 Å². The van der Waals surface area contributed by atoms with Gasteiger partial charge in [0.2, 0.25) is 5.91 Å². The molecule has 0 aliphatic carbocycles. The molecule has 1 fully saturated rings. The van der Waals surface area contributed by atoms with Crippen molar-refractivity contribution < 1.29 is 34.0 Å². The first-order chi connectivity index (χ1) is 14.9. The number of hydrogen-bond acceptors (Lipinski definition) is 6. The Labute approximate surface area is 180 Å². The van der Waals surface area contributed by atoms with Gasteiger partial charge >= 0.3 is 5.97 Å². The van der Waals surface area contributed by atoms with Gasteiger partial charge in [0.15, 0.2) is 5.60 Å². The molecule has 3 rings (SSSR count). The number of anilines is 1. The van der Waals surface area contributed by atoms with Crippen molar-refractivity contribution in [1.29, 1.82) is 0 Å². The summed E-state index contributed by atoms with van der Waals surface area (Å²) in [5, 5.41) is 22.4. The Balaban J connectivity index is 1.48. The molecule has 1 aliphatic rings. The number of aliphatic hydroxyl groups is 1. The molecule has 1 aliphatic heterocycles. The van der Waals surface area contributed by atoms with Crippen LogP contribution in [0, 0.1) is 0 Å². The van der Waals surface area contributed by atoms with Crippen molar-refractivity contribution in [2.75, 3.05) is 25.1 Å². The highest BCUT2D eigenvalue weighted by molar-refractivity contribution is 5.88. The Morgan fingerprint density at radius 3 is 2.45 bits per heavy atom. The molecule has 0 spiro atoms. The molecule has 0 bridgehead atoms. The van der Waals surface area contributed by atoms with Crippen molar-refractivity contribution in [1.82, 2.24) is 0 Å². The summed E-state index contributed by atoms with van der Waals surface area (Å²) in [5.41, 5.74) is 0.282. The summed E-state index contributed by atoms with van der Waals surface area (Å²) in [5.74, 6) is -0.00589. The van der Waals surface area contributed by atoms with Gasteiger partial charge in [0.05, 0.1) is 0 Å². The van der Waals surface area contributed by atoms with Gasteiger partial charge in [-0.3, -0.25) is 4.79 Å². The van der Waals surface area contributed by atoms with Gasteiger partial charge in [0.1, 0.15) is 30.8 Å². The van der Waals surface area contributed by atoms with E-state index in [1.54, 1.807) is 42.5 Å². The van der Waals surface area contributed by atoms with Gasteiger partial charge in [-0.05, 0) is 54.8 Å². The molecule has 1 unspecified atom stereocenters. The van der Waals surface area contributed by atoms with Crippen LogP contribution in [0.5, 0.6) is 11.5 Å². The Bertz CT molecular complexity index is 891. The van der Waals surface area contributed by atoms with Gasteiger partial charge < -0.3 is 29.7 Å². The summed E-state index contributed by atoms with van der Waals surface area (Å²) in [7, 11) is 0. The number of carbonyl (C=O) groups is 2. The highest BCUT2D eigenvalue weighted by Gasteiger charge is 2.42. The van der Waals surface area contributed by atoms with Crippen LogP contribution in [0.3, 0.4) is 0 Å². The van der Waals surface area contributed by atoms with Crippen molar-refractivity contribution in [3.05, 3.63) is 54.1 Å². The fourth-order valence-electron chi connectivity index (χ4n) is 3.43. The lowest BCUT2D eigenvalue weighted by molar-refractivity contribution is -0.159. The molecule has 0 radical (unpaired) electrons. The standard InChI is InChI=1S/C23H27NO7/c1-16(25)24-18-6-8-20(9-7-18)29-14-19(26)15-30-21-5-2-4-17(12-21)13-23(22(27)28)10-3-11-31-23/h2,4-9,12,19,26H,3,10-11,13-15H2,1H3,(H,24,25)(H,27,28)/t19-,23?/m1/s1. The van der Waals surface area contributed by atoms with Gasteiger partial charge in [-0.1, -0.05) is 12.1 Å². The number of carboxylic acids is 1. The number of aliphatic hydroxyl groups excluding tert-OH is 1. The zero-order valence-electron chi connectivity index (χ0n) is 17.4. The average molecular weight is 429 g/mol. The molecule has 8 nitrogen and oxygen atoms in total. The minimum atomic E-state index is -1.18. The molecule has 8 heteroatoms. The number of carboxylic acid groups (broad SMARTS) is 1. The van der Waals surface area contributed by atoms with Gasteiger partial charge in [0, 0.05) is 25.6 Å². The summed E-state index contributed by atoms with van der Waals surface area (Å²) >= 11 is 0. The van der Waals surface area contributed by atoms with Gasteiger partial charge in [-0.25, -0.2) is 4.79 Å². The van der Waals surface area contributed by atoms with Gasteiger partial charge in [0.25, 0.3) is 0 Å². The van der Waals surface area contributed by atoms with Crippen LogP contribution in [0.15, 0.2) is 48.5 Å².